The summed E-state index contributed by atoms with van der Waals surface area (Å²) < 4.78 is 10.7. The lowest BCUT2D eigenvalue weighted by atomic mass is 10.1. The molecule has 138 valence electrons. The second-order valence-corrected chi connectivity index (χ2v) is 7.21. The highest BCUT2D eigenvalue weighted by Gasteiger charge is 2.29. The number of amides is 1. The lowest BCUT2D eigenvalue weighted by Gasteiger charge is -2.27. The summed E-state index contributed by atoms with van der Waals surface area (Å²) in [5, 5.41) is 0. The second kappa shape index (κ2) is 7.64. The standard InChI is InChI=1S/C21H26N2O3/c1-25-15-19-7-8-20(26-19)21(24)23-10-4-9-22(11-12-23)18-13-16-5-2-3-6-17(16)14-18/h2-3,5-8,18H,4,9-15H2,1H3. The molecule has 0 saturated carbocycles. The van der Waals surface area contributed by atoms with Crippen molar-refractivity contribution in [2.45, 2.75) is 31.9 Å². The minimum absolute atomic E-state index is 0.0103. The van der Waals surface area contributed by atoms with Gasteiger partial charge in [-0.2, -0.15) is 0 Å². The van der Waals surface area contributed by atoms with E-state index in [1.54, 1.807) is 13.2 Å². The van der Waals surface area contributed by atoms with E-state index in [1.807, 2.05) is 11.0 Å². The lowest BCUT2D eigenvalue weighted by Crippen LogP contribution is -2.40. The molecule has 4 rings (SSSR count). The van der Waals surface area contributed by atoms with E-state index in [2.05, 4.69) is 29.2 Å². The number of carbonyl (C=O) groups excluding carboxylic acids is 1. The van der Waals surface area contributed by atoms with Crippen molar-refractivity contribution < 1.29 is 13.9 Å². The summed E-state index contributed by atoms with van der Waals surface area (Å²) in [4.78, 5) is 17.2. The molecule has 2 aliphatic rings. The Kier molecular flexibility index (Phi) is 5.09. The number of furan rings is 1. The molecule has 0 N–H and O–H groups in total. The highest BCUT2D eigenvalue weighted by atomic mass is 16.5. The molecule has 0 atom stereocenters. The fraction of sp³-hybridized carbons (Fsp3) is 0.476. The number of carbonyl (C=O) groups is 1. The van der Waals surface area contributed by atoms with Crippen LogP contribution in [-0.2, 0) is 24.2 Å². The molecule has 1 aliphatic heterocycles. The normalized spacial score (nSPS) is 18.7. The number of benzene rings is 1. The van der Waals surface area contributed by atoms with Crippen LogP contribution in [0.25, 0.3) is 0 Å². The minimum Gasteiger partial charge on any atom is -0.453 e. The molecule has 0 unspecified atom stereocenters. The molecule has 5 heteroatoms. The van der Waals surface area contributed by atoms with E-state index in [0.717, 1.165) is 45.4 Å². The first kappa shape index (κ1) is 17.3. The van der Waals surface area contributed by atoms with Gasteiger partial charge in [0, 0.05) is 39.3 Å². The zero-order valence-corrected chi connectivity index (χ0v) is 15.3. The van der Waals surface area contributed by atoms with Crippen LogP contribution in [0.4, 0.5) is 0 Å². The summed E-state index contributed by atoms with van der Waals surface area (Å²) in [6.45, 7) is 3.91. The molecule has 1 aromatic carbocycles. The molecule has 1 aromatic heterocycles. The van der Waals surface area contributed by atoms with Crippen LogP contribution in [0.2, 0.25) is 0 Å². The highest BCUT2D eigenvalue weighted by Crippen LogP contribution is 2.26. The maximum Gasteiger partial charge on any atom is 0.289 e. The Morgan fingerprint density at radius 3 is 2.58 bits per heavy atom. The third-order valence-electron chi connectivity index (χ3n) is 5.52. The van der Waals surface area contributed by atoms with Crippen molar-refractivity contribution in [2.24, 2.45) is 0 Å². The fourth-order valence-corrected chi connectivity index (χ4v) is 4.17. The van der Waals surface area contributed by atoms with Gasteiger partial charge in [-0.15, -0.1) is 0 Å². The SMILES string of the molecule is COCc1ccc(C(=O)N2CCCN(C3Cc4ccccc4C3)CC2)o1. The third-order valence-corrected chi connectivity index (χ3v) is 5.52. The summed E-state index contributed by atoms with van der Waals surface area (Å²) in [6, 6.07) is 12.9. The van der Waals surface area contributed by atoms with Crippen molar-refractivity contribution in [3.63, 3.8) is 0 Å². The Bertz CT molecular complexity index is 745. The van der Waals surface area contributed by atoms with Crippen molar-refractivity contribution in [3.05, 3.63) is 59.0 Å². The molecule has 0 spiro atoms. The van der Waals surface area contributed by atoms with E-state index in [0.29, 0.717) is 24.2 Å². The van der Waals surface area contributed by atoms with Crippen molar-refractivity contribution in [1.82, 2.24) is 9.80 Å². The molecule has 26 heavy (non-hydrogen) atoms. The Labute approximate surface area is 154 Å². The molecule has 1 aliphatic carbocycles. The van der Waals surface area contributed by atoms with Crippen LogP contribution in [0.3, 0.4) is 0 Å². The summed E-state index contributed by atoms with van der Waals surface area (Å²) in [5.74, 6) is 1.10. The number of methoxy groups -OCH3 is 1. The van der Waals surface area contributed by atoms with Crippen LogP contribution in [0.15, 0.2) is 40.8 Å². The summed E-state index contributed by atoms with van der Waals surface area (Å²) >= 11 is 0. The maximum atomic E-state index is 12.7. The van der Waals surface area contributed by atoms with Crippen LogP contribution >= 0.6 is 0 Å². The van der Waals surface area contributed by atoms with E-state index in [4.69, 9.17) is 9.15 Å². The van der Waals surface area contributed by atoms with Crippen molar-refractivity contribution in [3.8, 4) is 0 Å². The molecule has 1 amide bonds. The monoisotopic (exact) mass is 354 g/mol. The van der Waals surface area contributed by atoms with E-state index in [1.165, 1.54) is 11.1 Å². The molecule has 5 nitrogen and oxygen atoms in total. The van der Waals surface area contributed by atoms with Gasteiger partial charge in [0.25, 0.3) is 5.91 Å². The Morgan fingerprint density at radius 1 is 1.08 bits per heavy atom. The predicted molar refractivity (Wildman–Crippen MR) is 99.2 cm³/mol. The van der Waals surface area contributed by atoms with Crippen LogP contribution in [-0.4, -0.2) is 55.0 Å². The smallest absolute Gasteiger partial charge is 0.289 e. The molecular formula is C21H26N2O3. The topological polar surface area (TPSA) is 45.9 Å². The predicted octanol–water partition coefficient (Wildman–Crippen LogP) is 2.74. The van der Waals surface area contributed by atoms with Crippen LogP contribution in [0, 0.1) is 0 Å². The van der Waals surface area contributed by atoms with Crippen molar-refractivity contribution in [2.75, 3.05) is 33.3 Å². The molecule has 2 heterocycles. The van der Waals surface area contributed by atoms with Gasteiger partial charge in [-0.1, -0.05) is 24.3 Å². The zero-order valence-electron chi connectivity index (χ0n) is 15.3. The molecular weight excluding hydrogens is 328 g/mol. The number of hydrogen-bond acceptors (Lipinski definition) is 4. The van der Waals surface area contributed by atoms with Gasteiger partial charge in [0.05, 0.1) is 0 Å². The molecule has 0 bridgehead atoms. The largest absolute Gasteiger partial charge is 0.453 e. The number of fused-ring (bicyclic) bond motifs is 1. The van der Waals surface area contributed by atoms with Gasteiger partial charge < -0.3 is 14.1 Å². The summed E-state index contributed by atoms with van der Waals surface area (Å²) in [7, 11) is 1.62. The Morgan fingerprint density at radius 2 is 1.85 bits per heavy atom. The summed E-state index contributed by atoms with van der Waals surface area (Å²) in [5.41, 5.74) is 2.96. The Balaban J connectivity index is 1.37. The van der Waals surface area contributed by atoms with E-state index < -0.39 is 0 Å². The second-order valence-electron chi connectivity index (χ2n) is 7.21. The average molecular weight is 354 g/mol. The first-order valence-corrected chi connectivity index (χ1v) is 9.42. The highest BCUT2D eigenvalue weighted by molar-refractivity contribution is 5.91. The fourth-order valence-electron chi connectivity index (χ4n) is 4.17. The quantitative estimate of drug-likeness (QED) is 0.847. The van der Waals surface area contributed by atoms with Gasteiger partial charge in [0.2, 0.25) is 0 Å². The van der Waals surface area contributed by atoms with Gasteiger partial charge in [-0.3, -0.25) is 9.69 Å². The number of rotatable bonds is 4. The van der Waals surface area contributed by atoms with Crippen molar-refractivity contribution in [1.29, 1.82) is 0 Å². The zero-order chi connectivity index (χ0) is 17.9. The minimum atomic E-state index is -0.0103. The maximum absolute atomic E-state index is 12.7. The molecule has 1 fully saturated rings. The molecule has 2 aromatic rings. The van der Waals surface area contributed by atoms with Gasteiger partial charge in [-0.05, 0) is 42.5 Å². The van der Waals surface area contributed by atoms with Crippen LogP contribution in [0.5, 0.6) is 0 Å². The number of ether oxygens (including phenoxy) is 1. The average Bonchev–Trinajstić information content (AvgIpc) is 3.22. The van der Waals surface area contributed by atoms with Gasteiger partial charge in [-0.25, -0.2) is 0 Å². The molecule has 0 radical (unpaired) electrons. The van der Waals surface area contributed by atoms with E-state index in [9.17, 15) is 4.79 Å². The van der Waals surface area contributed by atoms with Gasteiger partial charge >= 0.3 is 0 Å². The Hall–Kier alpha value is -2.11. The lowest BCUT2D eigenvalue weighted by molar-refractivity contribution is 0.0718. The van der Waals surface area contributed by atoms with Crippen LogP contribution < -0.4 is 0 Å². The van der Waals surface area contributed by atoms with Gasteiger partial charge in [0.1, 0.15) is 12.4 Å². The first-order valence-electron chi connectivity index (χ1n) is 9.42. The first-order chi connectivity index (χ1) is 12.7. The number of nitrogens with zero attached hydrogens (tertiary/aromatic N) is 2. The van der Waals surface area contributed by atoms with Gasteiger partial charge in [0.15, 0.2) is 5.76 Å². The third kappa shape index (κ3) is 3.55. The van der Waals surface area contributed by atoms with E-state index in [-0.39, 0.29) is 5.91 Å². The summed E-state index contributed by atoms with van der Waals surface area (Å²) in [6.07, 6.45) is 3.26. The molecule has 1 saturated heterocycles. The number of hydrogen-bond donors (Lipinski definition) is 0. The van der Waals surface area contributed by atoms with Crippen LogP contribution in [0.1, 0.15) is 33.9 Å². The van der Waals surface area contributed by atoms with E-state index >= 15 is 0 Å². The van der Waals surface area contributed by atoms with Crippen molar-refractivity contribution >= 4 is 5.91 Å².